The van der Waals surface area contributed by atoms with Crippen LogP contribution in [0.1, 0.15) is 34.7 Å². The van der Waals surface area contributed by atoms with Crippen LogP contribution in [0.5, 0.6) is 0 Å². The maximum Gasteiger partial charge on any atom is 0.325 e. The molecule has 5 nitrogen and oxygen atoms in total. The van der Waals surface area contributed by atoms with Crippen LogP contribution in [0.2, 0.25) is 0 Å². The standard InChI is InChI=1S/C21H27N3O2/c1-16-4-5-19(14-17(16)2)20(21(25)26)24-11-3-10-23(12-13-24)15-18-6-8-22-9-7-18/h4-9,14,20H,3,10-13,15H2,1-2H3,(H,25,26). The number of carboxylic acid groups (broad SMARTS) is 1. The van der Waals surface area contributed by atoms with Crippen LogP contribution in [-0.4, -0.2) is 52.0 Å². The molecule has 1 unspecified atom stereocenters. The highest BCUT2D eigenvalue weighted by molar-refractivity contribution is 5.75. The number of carboxylic acids is 1. The van der Waals surface area contributed by atoms with Gasteiger partial charge in [0.15, 0.2) is 0 Å². The normalized spacial score (nSPS) is 17.6. The zero-order valence-corrected chi connectivity index (χ0v) is 15.6. The largest absolute Gasteiger partial charge is 0.480 e. The summed E-state index contributed by atoms with van der Waals surface area (Å²) < 4.78 is 0. The first kappa shape index (κ1) is 18.5. The Hall–Kier alpha value is -2.24. The van der Waals surface area contributed by atoms with Crippen LogP contribution in [0.3, 0.4) is 0 Å². The van der Waals surface area contributed by atoms with Gasteiger partial charge in [-0.2, -0.15) is 0 Å². The van der Waals surface area contributed by atoms with E-state index >= 15 is 0 Å². The minimum absolute atomic E-state index is 0.574. The summed E-state index contributed by atoms with van der Waals surface area (Å²) in [5.41, 5.74) is 4.46. The van der Waals surface area contributed by atoms with E-state index < -0.39 is 12.0 Å². The number of hydrogen-bond acceptors (Lipinski definition) is 4. The van der Waals surface area contributed by atoms with E-state index in [1.165, 1.54) is 11.1 Å². The molecular formula is C21H27N3O2. The predicted molar refractivity (Wildman–Crippen MR) is 102 cm³/mol. The van der Waals surface area contributed by atoms with Crippen molar-refractivity contribution in [1.82, 2.24) is 14.8 Å². The fraction of sp³-hybridized carbons (Fsp3) is 0.429. The van der Waals surface area contributed by atoms with Gasteiger partial charge in [0.25, 0.3) is 0 Å². The van der Waals surface area contributed by atoms with E-state index in [9.17, 15) is 9.90 Å². The van der Waals surface area contributed by atoms with Gasteiger partial charge in [0.05, 0.1) is 0 Å². The maximum atomic E-state index is 12.0. The summed E-state index contributed by atoms with van der Waals surface area (Å²) in [6.07, 6.45) is 4.61. The Bertz CT molecular complexity index is 748. The van der Waals surface area contributed by atoms with Gasteiger partial charge >= 0.3 is 5.97 Å². The molecule has 5 heteroatoms. The quantitative estimate of drug-likeness (QED) is 0.895. The van der Waals surface area contributed by atoms with Gasteiger partial charge in [-0.25, -0.2) is 0 Å². The lowest BCUT2D eigenvalue weighted by atomic mass is 10.00. The van der Waals surface area contributed by atoms with Crippen LogP contribution in [0, 0.1) is 13.8 Å². The average molecular weight is 353 g/mol. The first-order valence-electron chi connectivity index (χ1n) is 9.20. The molecule has 0 bridgehead atoms. The molecule has 1 aliphatic heterocycles. The lowest BCUT2D eigenvalue weighted by Gasteiger charge is -2.28. The highest BCUT2D eigenvalue weighted by Gasteiger charge is 2.29. The number of pyridine rings is 1. The van der Waals surface area contributed by atoms with Gasteiger partial charge in [0, 0.05) is 38.6 Å². The molecule has 3 rings (SSSR count). The van der Waals surface area contributed by atoms with Crippen molar-refractivity contribution < 1.29 is 9.90 Å². The number of rotatable bonds is 5. The number of nitrogens with zero attached hydrogens (tertiary/aromatic N) is 3. The van der Waals surface area contributed by atoms with Crippen molar-refractivity contribution in [2.45, 2.75) is 32.9 Å². The summed E-state index contributed by atoms with van der Waals surface area (Å²) >= 11 is 0. The van der Waals surface area contributed by atoms with E-state index in [0.717, 1.165) is 50.3 Å². The molecule has 0 radical (unpaired) electrons. The molecule has 1 saturated heterocycles. The number of hydrogen-bond donors (Lipinski definition) is 1. The van der Waals surface area contributed by atoms with Crippen molar-refractivity contribution in [3.8, 4) is 0 Å². The molecule has 1 aromatic heterocycles. The van der Waals surface area contributed by atoms with Crippen LogP contribution >= 0.6 is 0 Å². The van der Waals surface area contributed by atoms with Gasteiger partial charge in [-0.1, -0.05) is 18.2 Å². The Morgan fingerprint density at radius 3 is 2.54 bits per heavy atom. The highest BCUT2D eigenvalue weighted by atomic mass is 16.4. The van der Waals surface area contributed by atoms with Crippen LogP contribution < -0.4 is 0 Å². The second-order valence-corrected chi connectivity index (χ2v) is 7.11. The van der Waals surface area contributed by atoms with Crippen molar-refractivity contribution in [2.75, 3.05) is 26.2 Å². The van der Waals surface area contributed by atoms with Gasteiger partial charge in [0.2, 0.25) is 0 Å². The van der Waals surface area contributed by atoms with Gasteiger partial charge in [-0.15, -0.1) is 0 Å². The van der Waals surface area contributed by atoms with Crippen molar-refractivity contribution in [3.63, 3.8) is 0 Å². The van der Waals surface area contributed by atoms with Crippen LogP contribution in [0.4, 0.5) is 0 Å². The van der Waals surface area contributed by atoms with Crippen LogP contribution in [0.25, 0.3) is 0 Å². The number of aromatic nitrogens is 1. The third kappa shape index (κ3) is 4.48. The Balaban J connectivity index is 1.71. The second-order valence-electron chi connectivity index (χ2n) is 7.11. The lowest BCUT2D eigenvalue weighted by Crippen LogP contribution is -2.37. The number of carbonyl (C=O) groups is 1. The van der Waals surface area contributed by atoms with E-state index in [1.807, 2.05) is 49.6 Å². The number of aliphatic carboxylic acids is 1. The van der Waals surface area contributed by atoms with Crippen molar-refractivity contribution in [3.05, 3.63) is 65.0 Å². The van der Waals surface area contributed by atoms with Gasteiger partial charge in [-0.3, -0.25) is 19.6 Å². The van der Waals surface area contributed by atoms with Crippen molar-refractivity contribution in [1.29, 1.82) is 0 Å². The summed E-state index contributed by atoms with van der Waals surface area (Å²) in [4.78, 5) is 20.6. The minimum Gasteiger partial charge on any atom is -0.480 e. The lowest BCUT2D eigenvalue weighted by molar-refractivity contribution is -0.143. The summed E-state index contributed by atoms with van der Waals surface area (Å²) in [7, 11) is 0. The molecule has 1 N–H and O–H groups in total. The third-order valence-corrected chi connectivity index (χ3v) is 5.22. The summed E-state index contributed by atoms with van der Waals surface area (Å²) in [5.74, 6) is -0.768. The molecule has 138 valence electrons. The van der Waals surface area contributed by atoms with E-state index in [2.05, 4.69) is 21.7 Å². The topological polar surface area (TPSA) is 56.7 Å². The van der Waals surface area contributed by atoms with E-state index in [0.29, 0.717) is 0 Å². The molecule has 26 heavy (non-hydrogen) atoms. The molecule has 2 aromatic rings. The smallest absolute Gasteiger partial charge is 0.325 e. The van der Waals surface area contributed by atoms with Gasteiger partial charge < -0.3 is 5.11 Å². The number of aryl methyl sites for hydroxylation is 2. The molecule has 0 saturated carbocycles. The number of benzene rings is 1. The highest BCUT2D eigenvalue weighted by Crippen LogP contribution is 2.25. The summed E-state index contributed by atoms with van der Waals surface area (Å²) in [5, 5.41) is 9.87. The molecule has 2 heterocycles. The molecule has 1 fully saturated rings. The Morgan fingerprint density at radius 2 is 1.85 bits per heavy atom. The summed E-state index contributed by atoms with van der Waals surface area (Å²) in [6, 6.07) is 9.51. The fourth-order valence-electron chi connectivity index (χ4n) is 3.60. The van der Waals surface area contributed by atoms with Gasteiger partial charge in [-0.05, 0) is 61.2 Å². The van der Waals surface area contributed by atoms with E-state index in [-0.39, 0.29) is 0 Å². The van der Waals surface area contributed by atoms with Crippen molar-refractivity contribution in [2.24, 2.45) is 0 Å². The molecule has 1 atom stereocenters. The van der Waals surface area contributed by atoms with Crippen molar-refractivity contribution >= 4 is 5.97 Å². The second kappa shape index (κ2) is 8.43. The first-order chi connectivity index (χ1) is 12.5. The van der Waals surface area contributed by atoms with Gasteiger partial charge in [0.1, 0.15) is 6.04 Å². The minimum atomic E-state index is -0.768. The molecule has 0 amide bonds. The third-order valence-electron chi connectivity index (χ3n) is 5.22. The molecule has 0 spiro atoms. The van der Waals surface area contributed by atoms with Crippen LogP contribution in [0.15, 0.2) is 42.7 Å². The monoisotopic (exact) mass is 353 g/mol. The molecule has 0 aliphatic carbocycles. The maximum absolute atomic E-state index is 12.0. The Morgan fingerprint density at radius 1 is 1.08 bits per heavy atom. The predicted octanol–water partition coefficient (Wildman–Crippen LogP) is 3.03. The van der Waals surface area contributed by atoms with E-state index in [1.54, 1.807) is 0 Å². The SMILES string of the molecule is Cc1ccc(C(C(=O)O)N2CCCN(Cc3ccncc3)CC2)cc1C. The van der Waals surface area contributed by atoms with E-state index in [4.69, 9.17) is 0 Å². The zero-order valence-electron chi connectivity index (χ0n) is 15.6. The molecular weight excluding hydrogens is 326 g/mol. The average Bonchev–Trinajstić information content (AvgIpc) is 2.85. The Labute approximate surface area is 155 Å². The molecule has 1 aliphatic rings. The zero-order chi connectivity index (χ0) is 18.5. The molecule has 1 aromatic carbocycles. The summed E-state index contributed by atoms with van der Waals surface area (Å²) in [6.45, 7) is 8.40. The first-order valence-corrected chi connectivity index (χ1v) is 9.20. The fourth-order valence-corrected chi connectivity index (χ4v) is 3.60. The van der Waals surface area contributed by atoms with Crippen LogP contribution in [-0.2, 0) is 11.3 Å². The Kier molecular flexibility index (Phi) is 6.01.